The largest absolute Gasteiger partial charge is 0.268 e. The molecule has 0 spiro atoms. The standard InChI is InChI=1S/C16H21N3O3S2/c1-2-19-15(20)8-7-14(17-19)13-11-16(23-12-13)24(21,22)18-9-5-3-4-6-10-18/h7-8,11-12H,2-6,9-10H2,1H3. The van der Waals surface area contributed by atoms with E-state index >= 15 is 0 Å². The summed E-state index contributed by atoms with van der Waals surface area (Å²) >= 11 is 1.21. The first-order valence-corrected chi connectivity index (χ1v) is 10.5. The molecule has 0 atom stereocenters. The minimum atomic E-state index is -3.44. The van der Waals surface area contributed by atoms with Gasteiger partial charge in [-0.2, -0.15) is 9.40 Å². The van der Waals surface area contributed by atoms with Crippen LogP contribution in [-0.2, 0) is 16.6 Å². The molecule has 2 aromatic rings. The van der Waals surface area contributed by atoms with E-state index in [4.69, 9.17) is 0 Å². The normalized spacial score (nSPS) is 16.9. The van der Waals surface area contributed by atoms with Crippen LogP contribution < -0.4 is 5.56 Å². The fourth-order valence-corrected chi connectivity index (χ4v) is 5.67. The first kappa shape index (κ1) is 17.3. The molecule has 1 saturated heterocycles. The van der Waals surface area contributed by atoms with E-state index in [2.05, 4.69) is 5.10 Å². The molecule has 0 N–H and O–H groups in total. The number of hydrogen-bond acceptors (Lipinski definition) is 5. The van der Waals surface area contributed by atoms with Crippen LogP contribution in [0, 0.1) is 0 Å². The van der Waals surface area contributed by atoms with Crippen LogP contribution in [0.1, 0.15) is 32.6 Å². The molecule has 1 aliphatic heterocycles. The predicted molar refractivity (Wildman–Crippen MR) is 94.7 cm³/mol. The maximum Gasteiger partial charge on any atom is 0.266 e. The van der Waals surface area contributed by atoms with Crippen LogP contribution in [0.5, 0.6) is 0 Å². The van der Waals surface area contributed by atoms with Crippen molar-refractivity contribution in [3.05, 3.63) is 33.9 Å². The molecule has 0 radical (unpaired) electrons. The van der Waals surface area contributed by atoms with Crippen molar-refractivity contribution in [3.63, 3.8) is 0 Å². The van der Waals surface area contributed by atoms with E-state index in [0.29, 0.717) is 29.5 Å². The molecule has 0 unspecified atom stereocenters. The Labute approximate surface area is 145 Å². The molecule has 0 aromatic carbocycles. The number of sulfonamides is 1. The molecule has 1 fully saturated rings. The quantitative estimate of drug-likeness (QED) is 0.832. The third-order valence-electron chi connectivity index (χ3n) is 4.20. The summed E-state index contributed by atoms with van der Waals surface area (Å²) < 4.78 is 29.0. The van der Waals surface area contributed by atoms with E-state index < -0.39 is 10.0 Å². The zero-order valence-corrected chi connectivity index (χ0v) is 15.3. The van der Waals surface area contributed by atoms with Gasteiger partial charge in [0.25, 0.3) is 15.6 Å². The molecule has 0 bridgehead atoms. The number of aromatic nitrogens is 2. The Morgan fingerprint density at radius 1 is 1.17 bits per heavy atom. The summed E-state index contributed by atoms with van der Waals surface area (Å²) in [6.45, 7) is 3.51. The van der Waals surface area contributed by atoms with Gasteiger partial charge in [0, 0.05) is 36.6 Å². The van der Waals surface area contributed by atoms with Crippen LogP contribution in [0.2, 0.25) is 0 Å². The van der Waals surface area contributed by atoms with E-state index in [1.54, 1.807) is 21.8 Å². The molecule has 0 amide bonds. The summed E-state index contributed by atoms with van der Waals surface area (Å²) in [6.07, 6.45) is 4.01. The maximum atomic E-state index is 12.8. The minimum Gasteiger partial charge on any atom is -0.268 e. The predicted octanol–water partition coefficient (Wildman–Crippen LogP) is 2.56. The zero-order valence-electron chi connectivity index (χ0n) is 13.6. The van der Waals surface area contributed by atoms with Crippen LogP contribution in [-0.4, -0.2) is 35.6 Å². The van der Waals surface area contributed by atoms with Gasteiger partial charge >= 0.3 is 0 Å². The van der Waals surface area contributed by atoms with Crippen molar-refractivity contribution in [1.29, 1.82) is 0 Å². The topological polar surface area (TPSA) is 72.3 Å². The van der Waals surface area contributed by atoms with E-state index in [0.717, 1.165) is 31.2 Å². The first-order valence-electron chi connectivity index (χ1n) is 8.19. The van der Waals surface area contributed by atoms with Crippen molar-refractivity contribution in [2.24, 2.45) is 0 Å². The number of rotatable bonds is 4. The van der Waals surface area contributed by atoms with Crippen molar-refractivity contribution in [1.82, 2.24) is 14.1 Å². The number of hydrogen-bond donors (Lipinski definition) is 0. The fourth-order valence-electron chi connectivity index (χ4n) is 2.82. The van der Waals surface area contributed by atoms with E-state index in [1.165, 1.54) is 22.1 Å². The molecule has 130 valence electrons. The Morgan fingerprint density at radius 2 is 1.88 bits per heavy atom. The lowest BCUT2D eigenvalue weighted by atomic mass is 10.2. The minimum absolute atomic E-state index is 0.158. The van der Waals surface area contributed by atoms with E-state index in [9.17, 15) is 13.2 Å². The molecule has 0 saturated carbocycles. The van der Waals surface area contributed by atoms with Gasteiger partial charge in [-0.1, -0.05) is 12.8 Å². The molecule has 24 heavy (non-hydrogen) atoms. The van der Waals surface area contributed by atoms with Crippen molar-refractivity contribution >= 4 is 21.4 Å². The van der Waals surface area contributed by atoms with Crippen molar-refractivity contribution < 1.29 is 8.42 Å². The van der Waals surface area contributed by atoms with Gasteiger partial charge in [-0.15, -0.1) is 11.3 Å². The lowest BCUT2D eigenvalue weighted by Gasteiger charge is -2.18. The Hall–Kier alpha value is -1.51. The molecule has 1 aliphatic rings. The van der Waals surface area contributed by atoms with Gasteiger partial charge < -0.3 is 0 Å². The maximum absolute atomic E-state index is 12.8. The van der Waals surface area contributed by atoms with E-state index in [1.807, 2.05) is 6.92 Å². The molecule has 3 rings (SSSR count). The van der Waals surface area contributed by atoms with Gasteiger partial charge in [0.15, 0.2) is 0 Å². The summed E-state index contributed by atoms with van der Waals surface area (Å²) in [5, 5.41) is 6.08. The molecular formula is C16H21N3O3S2. The Balaban J connectivity index is 1.91. The highest BCUT2D eigenvalue weighted by atomic mass is 32.2. The lowest BCUT2D eigenvalue weighted by Crippen LogP contribution is -2.31. The number of aryl methyl sites for hydroxylation is 1. The monoisotopic (exact) mass is 367 g/mol. The molecular weight excluding hydrogens is 346 g/mol. The highest BCUT2D eigenvalue weighted by molar-refractivity contribution is 7.91. The van der Waals surface area contributed by atoms with Crippen LogP contribution in [0.3, 0.4) is 0 Å². The van der Waals surface area contributed by atoms with Crippen molar-refractivity contribution in [2.45, 2.75) is 43.4 Å². The highest BCUT2D eigenvalue weighted by Crippen LogP contribution is 2.30. The second-order valence-electron chi connectivity index (χ2n) is 5.85. The van der Waals surface area contributed by atoms with Gasteiger partial charge in [-0.05, 0) is 31.9 Å². The summed E-state index contributed by atoms with van der Waals surface area (Å²) in [7, 11) is -3.44. The van der Waals surface area contributed by atoms with Gasteiger partial charge in [0.1, 0.15) is 4.21 Å². The summed E-state index contributed by atoms with van der Waals surface area (Å²) in [5.74, 6) is 0. The molecule has 3 heterocycles. The average Bonchev–Trinajstić information content (AvgIpc) is 2.91. The first-order chi connectivity index (χ1) is 11.5. The Kier molecular flexibility index (Phi) is 5.17. The molecule has 2 aromatic heterocycles. The Morgan fingerprint density at radius 3 is 2.54 bits per heavy atom. The third kappa shape index (κ3) is 3.45. The summed E-state index contributed by atoms with van der Waals surface area (Å²) in [4.78, 5) is 11.6. The van der Waals surface area contributed by atoms with Crippen LogP contribution >= 0.6 is 11.3 Å². The smallest absolute Gasteiger partial charge is 0.266 e. The van der Waals surface area contributed by atoms with Gasteiger partial charge in [0.05, 0.1) is 5.69 Å². The highest BCUT2D eigenvalue weighted by Gasteiger charge is 2.27. The lowest BCUT2D eigenvalue weighted by molar-refractivity contribution is 0.425. The second-order valence-corrected chi connectivity index (χ2v) is 8.92. The van der Waals surface area contributed by atoms with Crippen molar-refractivity contribution in [2.75, 3.05) is 13.1 Å². The van der Waals surface area contributed by atoms with Crippen LogP contribution in [0.15, 0.2) is 32.6 Å². The summed E-state index contributed by atoms with van der Waals surface area (Å²) in [5.41, 5.74) is 1.19. The zero-order chi connectivity index (χ0) is 17.2. The Bertz CT molecular complexity index is 863. The second kappa shape index (κ2) is 7.16. The number of thiophene rings is 1. The average molecular weight is 367 g/mol. The van der Waals surface area contributed by atoms with Gasteiger partial charge in [0.2, 0.25) is 0 Å². The third-order valence-corrected chi connectivity index (χ3v) is 7.51. The van der Waals surface area contributed by atoms with Crippen LogP contribution in [0.25, 0.3) is 11.3 Å². The van der Waals surface area contributed by atoms with Gasteiger partial charge in [-0.25, -0.2) is 13.1 Å². The fraction of sp³-hybridized carbons (Fsp3) is 0.500. The summed E-state index contributed by atoms with van der Waals surface area (Å²) in [6, 6.07) is 4.77. The van der Waals surface area contributed by atoms with Gasteiger partial charge in [-0.3, -0.25) is 4.79 Å². The van der Waals surface area contributed by atoms with Crippen molar-refractivity contribution in [3.8, 4) is 11.3 Å². The molecule has 8 heteroatoms. The molecule has 6 nitrogen and oxygen atoms in total. The van der Waals surface area contributed by atoms with E-state index in [-0.39, 0.29) is 5.56 Å². The SMILES string of the molecule is CCn1nc(-c2csc(S(=O)(=O)N3CCCCCC3)c2)ccc1=O. The molecule has 0 aliphatic carbocycles. The van der Waals surface area contributed by atoms with Crippen LogP contribution in [0.4, 0.5) is 0 Å². The number of nitrogens with zero attached hydrogens (tertiary/aromatic N) is 3.